The Morgan fingerprint density at radius 3 is 2.38 bits per heavy atom. The predicted octanol–water partition coefficient (Wildman–Crippen LogP) is 2.68. The van der Waals surface area contributed by atoms with Gasteiger partial charge in [0.15, 0.2) is 5.54 Å². The summed E-state index contributed by atoms with van der Waals surface area (Å²) in [5.74, 6) is -4.58. The van der Waals surface area contributed by atoms with Gasteiger partial charge in [-0.3, -0.25) is 14.4 Å². The number of benzene rings is 1. The largest absolute Gasteiger partial charge is 0.417 e. The Balaban J connectivity index is 2.42. The second-order valence-corrected chi connectivity index (χ2v) is 7.37. The average Bonchev–Trinajstić information content (AvgIpc) is 2.99. The number of alkyl halides is 3. The van der Waals surface area contributed by atoms with Gasteiger partial charge in [0.05, 0.1) is 17.7 Å². The van der Waals surface area contributed by atoms with Crippen molar-refractivity contribution in [3.63, 3.8) is 0 Å². The van der Waals surface area contributed by atoms with E-state index in [-0.39, 0.29) is 39.8 Å². The molecule has 0 radical (unpaired) electrons. The van der Waals surface area contributed by atoms with Gasteiger partial charge in [0.1, 0.15) is 17.6 Å². The van der Waals surface area contributed by atoms with Crippen LogP contribution in [0.25, 0.3) is 0 Å². The molecule has 12 heteroatoms. The maximum Gasteiger partial charge on any atom is 0.417 e. The van der Waals surface area contributed by atoms with Crippen LogP contribution in [-0.2, 0) is 11.8 Å². The molecular formula is C22H20F4N4O4. The highest BCUT2D eigenvalue weighted by atomic mass is 19.4. The van der Waals surface area contributed by atoms with Crippen molar-refractivity contribution in [1.29, 1.82) is 5.26 Å². The fourth-order valence-electron chi connectivity index (χ4n) is 3.32. The maximum absolute atomic E-state index is 13.5. The van der Waals surface area contributed by atoms with Crippen molar-refractivity contribution in [1.82, 2.24) is 9.88 Å². The van der Waals surface area contributed by atoms with Gasteiger partial charge in [-0.15, -0.1) is 6.58 Å². The van der Waals surface area contributed by atoms with Crippen molar-refractivity contribution >= 4 is 23.3 Å². The first kappa shape index (κ1) is 26.3. The first-order valence-electron chi connectivity index (χ1n) is 9.59. The highest BCUT2D eigenvalue weighted by molar-refractivity contribution is 6.44. The van der Waals surface area contributed by atoms with E-state index in [0.29, 0.717) is 0 Å². The summed E-state index contributed by atoms with van der Waals surface area (Å²) in [5.41, 5.74) is -3.76. The topological polar surface area (TPSA) is 124 Å². The molecular weight excluding hydrogens is 460 g/mol. The van der Waals surface area contributed by atoms with E-state index in [1.54, 1.807) is 6.07 Å². The van der Waals surface area contributed by atoms with Crippen LogP contribution in [0.5, 0.6) is 0 Å². The number of aliphatic hydroxyl groups is 1. The molecule has 2 amide bonds. The zero-order valence-electron chi connectivity index (χ0n) is 18.3. The number of hydrogen-bond acceptors (Lipinski definition) is 5. The van der Waals surface area contributed by atoms with Crippen LogP contribution in [-0.4, -0.2) is 45.6 Å². The molecule has 1 aromatic heterocycles. The number of amides is 2. The zero-order valence-corrected chi connectivity index (χ0v) is 18.3. The fourth-order valence-corrected chi connectivity index (χ4v) is 3.32. The van der Waals surface area contributed by atoms with Gasteiger partial charge in [-0.2, -0.15) is 18.4 Å². The summed E-state index contributed by atoms with van der Waals surface area (Å²) in [4.78, 5) is 38.0. The lowest BCUT2D eigenvalue weighted by molar-refractivity contribution is -0.192. The number of hydrogen-bond donors (Lipinski definition) is 3. The molecule has 0 saturated heterocycles. The molecule has 0 fully saturated rings. The summed E-state index contributed by atoms with van der Waals surface area (Å²) >= 11 is 0. The van der Waals surface area contributed by atoms with E-state index < -0.39 is 41.7 Å². The molecule has 0 unspecified atom stereocenters. The van der Waals surface area contributed by atoms with Crippen LogP contribution in [0.4, 0.5) is 23.2 Å². The van der Waals surface area contributed by atoms with Crippen LogP contribution < -0.4 is 10.6 Å². The van der Waals surface area contributed by atoms with Gasteiger partial charge in [0.2, 0.25) is 0 Å². The number of nitriles is 1. The number of nitrogens with one attached hydrogen (secondary N) is 2. The van der Waals surface area contributed by atoms with E-state index in [4.69, 9.17) is 5.26 Å². The Labute approximate surface area is 191 Å². The number of ketones is 1. The number of carbonyl (C=O) groups is 3. The molecule has 34 heavy (non-hydrogen) atoms. The molecule has 180 valence electrons. The number of Topliss-reactive ketones (excluding diaryl/α,β-unsaturated/α-hetero) is 1. The van der Waals surface area contributed by atoms with Gasteiger partial charge < -0.3 is 20.3 Å². The molecule has 0 aliphatic carbocycles. The molecule has 2 rings (SSSR count). The van der Waals surface area contributed by atoms with Crippen LogP contribution in [0.3, 0.4) is 0 Å². The van der Waals surface area contributed by atoms with E-state index in [1.165, 1.54) is 36.8 Å². The van der Waals surface area contributed by atoms with Crippen LogP contribution in [0.1, 0.15) is 37.7 Å². The van der Waals surface area contributed by atoms with E-state index >= 15 is 0 Å². The van der Waals surface area contributed by atoms with Gasteiger partial charge in [-0.05, 0) is 37.6 Å². The highest BCUT2D eigenvalue weighted by Gasteiger charge is 2.54. The van der Waals surface area contributed by atoms with Crippen LogP contribution in [0, 0.1) is 31.0 Å². The number of aliphatic hydroxyl groups excluding tert-OH is 1. The summed E-state index contributed by atoms with van der Waals surface area (Å²) in [7, 11) is 1.40. The first-order valence-corrected chi connectivity index (χ1v) is 9.59. The summed E-state index contributed by atoms with van der Waals surface area (Å²) < 4.78 is 54.9. The normalized spacial score (nSPS) is 12.9. The molecule has 1 atom stereocenters. The van der Waals surface area contributed by atoms with Crippen molar-refractivity contribution in [2.45, 2.75) is 25.6 Å². The van der Waals surface area contributed by atoms with Gasteiger partial charge in [0, 0.05) is 18.4 Å². The fraction of sp³-hybridized carbons (Fsp3) is 0.273. The Morgan fingerprint density at radius 1 is 1.26 bits per heavy atom. The number of carbonyl (C=O) groups excluding carboxylic acids is 3. The lowest BCUT2D eigenvalue weighted by Gasteiger charge is -2.31. The molecule has 2 aromatic rings. The molecule has 0 aliphatic heterocycles. The summed E-state index contributed by atoms with van der Waals surface area (Å²) in [6.07, 6.45) is -4.86. The number of anilines is 1. The lowest BCUT2D eigenvalue weighted by atomic mass is 9.98. The third-order valence-corrected chi connectivity index (χ3v) is 5.36. The second-order valence-electron chi connectivity index (χ2n) is 7.37. The summed E-state index contributed by atoms with van der Waals surface area (Å²) in [5, 5.41) is 22.1. The minimum Gasteiger partial charge on any atom is -0.393 e. The van der Waals surface area contributed by atoms with Gasteiger partial charge >= 0.3 is 6.18 Å². The van der Waals surface area contributed by atoms with E-state index in [0.717, 1.165) is 12.1 Å². The summed E-state index contributed by atoms with van der Waals surface area (Å²) in [6, 6.07) is 4.91. The third kappa shape index (κ3) is 4.55. The predicted molar refractivity (Wildman–Crippen MR) is 112 cm³/mol. The molecule has 0 aliphatic rings. The second kappa shape index (κ2) is 9.48. The van der Waals surface area contributed by atoms with Crippen LogP contribution >= 0.6 is 0 Å². The van der Waals surface area contributed by atoms with Crippen molar-refractivity contribution in [3.8, 4) is 6.07 Å². The van der Waals surface area contributed by atoms with Crippen LogP contribution in [0.15, 0.2) is 30.9 Å². The SMILES string of the molecule is C=C[C@@](CO)(NC(=O)C(=O)c1c(C)c(C(=O)Nc2ccc(F)c(C#N)c2)n(C)c1C)C(F)(F)F. The molecule has 0 spiro atoms. The molecule has 1 heterocycles. The lowest BCUT2D eigenvalue weighted by Crippen LogP contribution is -2.61. The summed E-state index contributed by atoms with van der Waals surface area (Å²) in [6.45, 7) is 4.11. The quantitative estimate of drug-likeness (QED) is 0.243. The minimum absolute atomic E-state index is 0.000443. The Hall–Kier alpha value is -3.98. The number of nitrogens with zero attached hydrogens (tertiary/aromatic N) is 2. The Bertz CT molecular complexity index is 1230. The maximum atomic E-state index is 13.5. The smallest absolute Gasteiger partial charge is 0.393 e. The number of aromatic nitrogens is 1. The highest BCUT2D eigenvalue weighted by Crippen LogP contribution is 2.31. The average molecular weight is 480 g/mol. The monoisotopic (exact) mass is 480 g/mol. The zero-order chi connectivity index (χ0) is 26.0. The molecule has 8 nitrogen and oxygen atoms in total. The first-order chi connectivity index (χ1) is 15.7. The Morgan fingerprint density at radius 2 is 1.88 bits per heavy atom. The number of rotatable bonds is 7. The van der Waals surface area contributed by atoms with Gasteiger partial charge in [-0.25, -0.2) is 4.39 Å². The minimum atomic E-state index is -5.14. The van der Waals surface area contributed by atoms with Crippen molar-refractivity contribution in [3.05, 3.63) is 64.7 Å². The molecule has 0 bridgehead atoms. The third-order valence-electron chi connectivity index (χ3n) is 5.36. The van der Waals surface area contributed by atoms with Gasteiger partial charge in [-0.1, -0.05) is 6.08 Å². The van der Waals surface area contributed by atoms with Crippen LogP contribution in [0.2, 0.25) is 0 Å². The van der Waals surface area contributed by atoms with E-state index in [2.05, 4.69) is 11.9 Å². The van der Waals surface area contributed by atoms with E-state index in [9.17, 15) is 37.1 Å². The molecule has 1 aromatic carbocycles. The standard InChI is InChI=1S/C22H20F4N4O4/c1-5-21(10-31,22(24,25)26)29-20(34)18(32)16-11(2)17(30(4)12(16)3)19(33)28-14-6-7-15(23)13(8-14)9-27/h5-8,31H,1,10H2,2-4H3,(H,28,33)(H,29,34)/t21-/m0/s1. The van der Waals surface area contributed by atoms with Crippen molar-refractivity contribution in [2.75, 3.05) is 11.9 Å². The van der Waals surface area contributed by atoms with Gasteiger partial charge in [0.25, 0.3) is 17.6 Å². The molecule has 0 saturated carbocycles. The van der Waals surface area contributed by atoms with Crippen molar-refractivity contribution < 1.29 is 37.1 Å². The Kier molecular flexibility index (Phi) is 7.33. The number of halogens is 4. The van der Waals surface area contributed by atoms with Crippen molar-refractivity contribution in [2.24, 2.45) is 7.05 Å². The molecule has 3 N–H and O–H groups in total. The van der Waals surface area contributed by atoms with E-state index in [1.807, 2.05) is 0 Å².